The van der Waals surface area contributed by atoms with E-state index in [2.05, 4.69) is 36.6 Å². The average Bonchev–Trinajstić information content (AvgIpc) is 0.842. The number of benzene rings is 7. The predicted octanol–water partition coefficient (Wildman–Crippen LogP) is 13.1. The molecule has 2 saturated heterocycles. The van der Waals surface area contributed by atoms with Gasteiger partial charge in [0.2, 0.25) is 11.8 Å². The summed E-state index contributed by atoms with van der Waals surface area (Å²) in [6.45, 7) is -2.65. The van der Waals surface area contributed by atoms with E-state index in [4.69, 9.17) is 23.7 Å². The molecule has 100 heavy (non-hydrogen) atoms. The van der Waals surface area contributed by atoms with Crippen molar-refractivity contribution in [3.63, 3.8) is 0 Å². The third-order valence-corrected chi connectivity index (χ3v) is 15.2. The zero-order chi connectivity index (χ0) is 71.8. The van der Waals surface area contributed by atoms with Gasteiger partial charge in [-0.1, -0.05) is 54.6 Å². The second kappa shape index (κ2) is 36.3. The Bertz CT molecular complexity index is 3740. The second-order valence-electron chi connectivity index (χ2n) is 22.9. The summed E-state index contributed by atoms with van der Waals surface area (Å²) >= 11 is 0. The summed E-state index contributed by atoms with van der Waals surface area (Å²) in [5.74, 6) is -2.17. The Labute approximate surface area is 564 Å². The van der Waals surface area contributed by atoms with Gasteiger partial charge < -0.3 is 71.0 Å². The summed E-state index contributed by atoms with van der Waals surface area (Å²) in [6.07, 6.45) is -15.9. The third-order valence-electron chi connectivity index (χ3n) is 15.2. The number of carbonyl (C=O) groups is 4. The van der Waals surface area contributed by atoms with Crippen molar-refractivity contribution in [2.45, 2.75) is 93.6 Å². The Morgan fingerprint density at radius 3 is 1.26 bits per heavy atom. The molecule has 18 nitrogen and oxygen atoms in total. The Morgan fingerprint density at radius 1 is 0.480 bits per heavy atom. The van der Waals surface area contributed by atoms with E-state index in [0.717, 1.165) is 29.8 Å². The molecule has 2 aliphatic heterocycles. The Kier molecular flexibility index (Phi) is 27.6. The molecule has 0 aliphatic carbocycles. The normalized spacial score (nSPS) is 16.8. The molecule has 6 atom stereocenters. The summed E-state index contributed by atoms with van der Waals surface area (Å²) in [4.78, 5) is 50.1. The molecule has 2 heterocycles. The molecule has 8 N–H and O–H groups in total. The predicted molar refractivity (Wildman–Crippen MR) is 342 cm³/mol. The van der Waals surface area contributed by atoms with Crippen molar-refractivity contribution < 1.29 is 105 Å². The lowest BCUT2D eigenvalue weighted by Crippen LogP contribution is -2.49. The maximum atomic E-state index is 15.3. The molecule has 0 spiro atoms. The van der Waals surface area contributed by atoms with E-state index in [0.29, 0.717) is 53.4 Å². The van der Waals surface area contributed by atoms with E-state index in [1.165, 1.54) is 66.7 Å². The minimum absolute atomic E-state index is 0.0391. The lowest BCUT2D eigenvalue weighted by Gasteiger charge is -2.30. The first kappa shape index (κ1) is 75.9. The number of nitrogens with one attached hydrogen (secondary N) is 8. The van der Waals surface area contributed by atoms with Gasteiger partial charge >= 0.3 is 30.9 Å². The zero-order valence-corrected chi connectivity index (χ0v) is 52.9. The van der Waals surface area contributed by atoms with E-state index in [1.807, 2.05) is 42.5 Å². The van der Waals surface area contributed by atoms with Crippen molar-refractivity contribution in [1.29, 1.82) is 0 Å². The van der Waals surface area contributed by atoms with Crippen LogP contribution >= 0.6 is 0 Å². The number of alkyl carbamates (subject to hydrolysis) is 2. The van der Waals surface area contributed by atoms with Crippen LogP contribution in [0.25, 0.3) is 0 Å². The molecule has 4 amide bonds. The Hall–Kier alpha value is -9.85. The van der Waals surface area contributed by atoms with Crippen LogP contribution in [0.2, 0.25) is 0 Å². The summed E-state index contributed by atoms with van der Waals surface area (Å²) < 4.78 is 200. The molecular weight excluding hydrogens is 1350 g/mol. The van der Waals surface area contributed by atoms with Crippen LogP contribution in [0, 0.1) is 23.3 Å². The summed E-state index contributed by atoms with van der Waals surface area (Å²) in [7, 11) is 0. The standard InChI is InChI=1S/C37H37F5N4O5.C32H32F8N4O5/c38-25-11-13-26(14-12-25)45-35(47)34(19-24-9-15-29(16-10-24)51-28-5-2-1-3-6-28)46-33-8-4-7-32(39)31(33)18-17-30-20-43-27(21-49-30)22-50-36(48)44-23-37(40,41)42;33-20-6-8-21(9-7-20)43-29(45)28(14-19-4-10-23(11-5-19)49-32(38,39)40)44-27-3-1-2-26(34)25(27)13-12-24-15-41-22(16-47-24)17-48-30(46)42-18-31(35,36)37/h1-16,27,30,34,43,46H,17-23H2,(H,44,48)(H,45,47);1-11,22,24,28,41,44H,12-18H2,(H,42,46)(H,43,45)/t27-,30+,34-;22-,24+,28-/m00/s1. The number of morpholine rings is 2. The van der Waals surface area contributed by atoms with Crippen molar-refractivity contribution >= 4 is 46.8 Å². The van der Waals surface area contributed by atoms with Crippen LogP contribution in [-0.4, -0.2) is 132 Å². The number of ether oxygens (including phenoxy) is 6. The monoisotopic (exact) mass is 1420 g/mol. The van der Waals surface area contributed by atoms with Gasteiger partial charge in [0.15, 0.2) is 0 Å². The number of hydrogen-bond donors (Lipinski definition) is 8. The first-order chi connectivity index (χ1) is 47.6. The van der Waals surface area contributed by atoms with Gasteiger partial charge in [0.1, 0.15) is 78.9 Å². The van der Waals surface area contributed by atoms with Gasteiger partial charge in [0, 0.05) is 59.8 Å². The number of carbonyl (C=O) groups excluding carboxylic acids is 4. The summed E-state index contributed by atoms with van der Waals surface area (Å²) in [5.41, 5.74) is 3.20. The fraction of sp³-hybridized carbons (Fsp3) is 0.333. The summed E-state index contributed by atoms with van der Waals surface area (Å²) in [5, 5.41) is 21.2. The van der Waals surface area contributed by atoms with E-state index in [1.54, 1.807) is 41.0 Å². The van der Waals surface area contributed by atoms with E-state index in [9.17, 15) is 67.5 Å². The Balaban J connectivity index is 0.000000255. The molecule has 31 heteroatoms. The first-order valence-corrected chi connectivity index (χ1v) is 31.2. The number of rotatable bonds is 27. The van der Waals surface area contributed by atoms with Crippen LogP contribution in [0.15, 0.2) is 164 Å². The maximum Gasteiger partial charge on any atom is 0.573 e. The SMILES string of the molecule is O=C(NCC(F)(F)F)OC[C@@H]1CO[C@H](CCc2c(F)cccc2N[C@@H](Cc2ccc(OC(F)(F)F)cc2)C(=O)Nc2ccc(F)cc2)CN1.O=C(NCC(F)(F)F)OC[C@@H]1CO[C@H](CCc2c(F)cccc2N[C@@H](Cc2ccc(Oc3ccccc3)cc2)C(=O)Nc2ccc(F)cc2)CN1. The number of para-hydroxylation sites is 1. The molecular formula is C69H69F13N8O10. The second-order valence-corrected chi connectivity index (χ2v) is 22.9. The maximum absolute atomic E-state index is 15.3. The van der Waals surface area contributed by atoms with Crippen LogP contribution in [0.5, 0.6) is 17.2 Å². The number of amides is 4. The van der Waals surface area contributed by atoms with Crippen LogP contribution in [0.1, 0.15) is 35.1 Å². The van der Waals surface area contributed by atoms with Crippen molar-refractivity contribution in [3.8, 4) is 17.2 Å². The van der Waals surface area contributed by atoms with Gasteiger partial charge in [-0.3, -0.25) is 9.59 Å². The zero-order valence-electron chi connectivity index (χ0n) is 52.9. The largest absolute Gasteiger partial charge is 0.573 e. The van der Waals surface area contributed by atoms with Gasteiger partial charge in [0.05, 0.1) is 37.5 Å². The third kappa shape index (κ3) is 26.4. The molecule has 0 saturated carbocycles. The van der Waals surface area contributed by atoms with Crippen molar-refractivity contribution in [1.82, 2.24) is 21.3 Å². The Morgan fingerprint density at radius 2 is 0.880 bits per heavy atom. The molecule has 7 aromatic carbocycles. The van der Waals surface area contributed by atoms with Gasteiger partial charge in [-0.2, -0.15) is 26.3 Å². The molecule has 9 rings (SSSR count). The highest BCUT2D eigenvalue weighted by Crippen LogP contribution is 2.30. The van der Waals surface area contributed by atoms with Crippen molar-refractivity contribution in [3.05, 3.63) is 209 Å². The van der Waals surface area contributed by atoms with Crippen molar-refractivity contribution in [2.24, 2.45) is 0 Å². The average molecular weight is 1420 g/mol. The lowest BCUT2D eigenvalue weighted by molar-refractivity contribution is -0.274. The van der Waals surface area contributed by atoms with Crippen LogP contribution in [0.4, 0.5) is 89.4 Å². The lowest BCUT2D eigenvalue weighted by atomic mass is 10.0. The number of alkyl halides is 9. The van der Waals surface area contributed by atoms with Crippen LogP contribution in [0.3, 0.4) is 0 Å². The molecule has 7 aromatic rings. The molecule has 2 aliphatic rings. The topological polar surface area (TPSA) is 220 Å². The number of anilines is 4. The molecule has 0 bridgehead atoms. The van der Waals surface area contributed by atoms with Gasteiger partial charge in [-0.05, 0) is 146 Å². The highest BCUT2D eigenvalue weighted by molar-refractivity contribution is 5.97. The number of halogens is 13. The fourth-order valence-electron chi connectivity index (χ4n) is 10.2. The summed E-state index contributed by atoms with van der Waals surface area (Å²) in [6, 6.07) is 37.8. The van der Waals surface area contributed by atoms with Gasteiger partial charge in [-0.25, -0.2) is 27.2 Å². The first-order valence-electron chi connectivity index (χ1n) is 31.2. The van der Waals surface area contributed by atoms with E-state index in [-0.39, 0.29) is 81.7 Å². The smallest absolute Gasteiger partial charge is 0.457 e. The molecule has 536 valence electrons. The molecule has 0 radical (unpaired) electrons. The van der Waals surface area contributed by atoms with Gasteiger partial charge in [0.25, 0.3) is 0 Å². The highest BCUT2D eigenvalue weighted by atomic mass is 19.4. The van der Waals surface area contributed by atoms with Crippen LogP contribution < -0.4 is 52.0 Å². The quantitative estimate of drug-likeness (QED) is 0.0225. The van der Waals surface area contributed by atoms with E-state index >= 15 is 8.78 Å². The fourth-order valence-corrected chi connectivity index (χ4v) is 10.2. The van der Waals surface area contributed by atoms with Gasteiger partial charge in [-0.15, -0.1) is 13.2 Å². The van der Waals surface area contributed by atoms with E-state index < -0.39 is 115 Å². The van der Waals surface area contributed by atoms with Crippen molar-refractivity contribution in [2.75, 3.05) is 73.9 Å². The minimum Gasteiger partial charge on any atom is -0.457 e. The molecule has 0 aromatic heterocycles. The molecule has 2 fully saturated rings. The number of hydrogen-bond acceptors (Lipinski definition) is 14. The van der Waals surface area contributed by atoms with Crippen LogP contribution in [-0.2, 0) is 54.2 Å². The highest BCUT2D eigenvalue weighted by Gasteiger charge is 2.33. The molecule has 0 unspecified atom stereocenters. The minimum atomic E-state index is -4.89.